The van der Waals surface area contributed by atoms with Crippen LogP contribution in [0.15, 0.2) is 5.16 Å². The number of carboxylic acid groups (broad SMARTS) is 1. The molecule has 0 bridgehead atoms. The Balaban J connectivity index is 0.000000491. The molecule has 0 aromatic carbocycles. The van der Waals surface area contributed by atoms with Crippen molar-refractivity contribution in [3.8, 4) is 0 Å². The summed E-state index contributed by atoms with van der Waals surface area (Å²) < 4.78 is 7.54. The molecule has 0 aliphatic carbocycles. The molecule has 1 aliphatic heterocycles. The number of thioether (sulfide) groups is 1. The van der Waals surface area contributed by atoms with Crippen LogP contribution in [0.25, 0.3) is 0 Å². The molecule has 1 atom stereocenters. The van der Waals surface area contributed by atoms with Crippen LogP contribution in [0.4, 0.5) is 0 Å². The Morgan fingerprint density at radius 2 is 2.29 bits per heavy atom. The van der Waals surface area contributed by atoms with Crippen LogP contribution in [0.1, 0.15) is 25.6 Å². The molecule has 8 heteroatoms. The summed E-state index contributed by atoms with van der Waals surface area (Å²) in [4.78, 5) is 9.00. The lowest BCUT2D eigenvalue weighted by atomic mass is 10.1. The summed E-state index contributed by atoms with van der Waals surface area (Å²) in [6.07, 6.45) is 2.46. The van der Waals surface area contributed by atoms with Crippen molar-refractivity contribution in [2.45, 2.75) is 31.5 Å². The number of nitrogens with zero attached hydrogens (tertiary/aromatic N) is 3. The first-order valence-corrected chi connectivity index (χ1v) is 7.96. The first-order valence-electron chi connectivity index (χ1n) is 6.97. The molecule has 0 radical (unpaired) electrons. The van der Waals surface area contributed by atoms with Crippen LogP contribution < -0.4 is 5.32 Å². The standard InChI is InChI=1S/C11H20N4OS.C2H4O2/c1-12-6-10-13-14-11(15(10)2)17-8-9-4-3-5-16-7-9;1-2(3)4/h9,12H,3-8H2,1-2H3;1H3,(H,3,4). The van der Waals surface area contributed by atoms with E-state index in [4.69, 9.17) is 14.6 Å². The van der Waals surface area contributed by atoms with Crippen molar-refractivity contribution in [3.63, 3.8) is 0 Å². The number of aliphatic carboxylic acids is 1. The van der Waals surface area contributed by atoms with Gasteiger partial charge in [-0.25, -0.2) is 0 Å². The molecule has 1 aliphatic rings. The predicted octanol–water partition coefficient (Wildman–Crippen LogP) is 1.14. The van der Waals surface area contributed by atoms with E-state index in [2.05, 4.69) is 20.1 Å². The SMILES string of the molecule is CC(=O)O.CNCc1nnc(SCC2CCCOC2)n1C. The summed E-state index contributed by atoms with van der Waals surface area (Å²) in [5, 5.41) is 19.9. The van der Waals surface area contributed by atoms with Gasteiger partial charge in [0, 0.05) is 26.3 Å². The zero-order valence-electron chi connectivity index (χ0n) is 12.8. The van der Waals surface area contributed by atoms with Crippen LogP contribution in [0, 0.1) is 5.92 Å². The van der Waals surface area contributed by atoms with Crippen molar-refractivity contribution in [2.24, 2.45) is 13.0 Å². The lowest BCUT2D eigenvalue weighted by Gasteiger charge is -2.21. The topological polar surface area (TPSA) is 89.3 Å². The Bertz CT molecular complexity index is 429. The van der Waals surface area contributed by atoms with Gasteiger partial charge in [0.2, 0.25) is 0 Å². The Morgan fingerprint density at radius 3 is 2.86 bits per heavy atom. The molecule has 0 saturated carbocycles. The second-order valence-corrected chi connectivity index (χ2v) is 5.89. The predicted molar refractivity (Wildman–Crippen MR) is 81.3 cm³/mol. The Labute approximate surface area is 129 Å². The number of carboxylic acids is 1. The Kier molecular flexibility index (Phi) is 8.33. The quantitative estimate of drug-likeness (QED) is 0.787. The molecule has 7 nitrogen and oxygen atoms in total. The maximum atomic E-state index is 9.00. The van der Waals surface area contributed by atoms with Crippen molar-refractivity contribution in [1.82, 2.24) is 20.1 Å². The second-order valence-electron chi connectivity index (χ2n) is 4.90. The van der Waals surface area contributed by atoms with Gasteiger partial charge in [0.1, 0.15) is 5.82 Å². The summed E-state index contributed by atoms with van der Waals surface area (Å²) >= 11 is 1.78. The highest BCUT2D eigenvalue weighted by molar-refractivity contribution is 7.99. The van der Waals surface area contributed by atoms with Crippen LogP contribution in [0.5, 0.6) is 0 Å². The van der Waals surface area contributed by atoms with Gasteiger partial charge in [-0.15, -0.1) is 10.2 Å². The lowest BCUT2D eigenvalue weighted by Crippen LogP contribution is -2.19. The van der Waals surface area contributed by atoms with E-state index in [0.29, 0.717) is 5.92 Å². The highest BCUT2D eigenvalue weighted by Gasteiger charge is 2.16. The molecule has 2 rings (SSSR count). The van der Waals surface area contributed by atoms with Crippen molar-refractivity contribution < 1.29 is 14.6 Å². The van der Waals surface area contributed by atoms with Crippen LogP contribution in [0.2, 0.25) is 0 Å². The van der Waals surface area contributed by atoms with Crippen LogP contribution in [-0.2, 0) is 23.1 Å². The molecule has 1 saturated heterocycles. The van der Waals surface area contributed by atoms with Crippen molar-refractivity contribution in [1.29, 1.82) is 0 Å². The maximum absolute atomic E-state index is 9.00. The Morgan fingerprint density at radius 1 is 1.57 bits per heavy atom. The molecule has 0 spiro atoms. The third kappa shape index (κ3) is 6.92. The number of carbonyl (C=O) groups is 1. The van der Waals surface area contributed by atoms with E-state index in [9.17, 15) is 0 Å². The van der Waals surface area contributed by atoms with Crippen molar-refractivity contribution in [2.75, 3.05) is 26.0 Å². The van der Waals surface area contributed by atoms with Gasteiger partial charge in [0.25, 0.3) is 5.97 Å². The van der Waals surface area contributed by atoms with E-state index in [1.165, 1.54) is 12.8 Å². The summed E-state index contributed by atoms with van der Waals surface area (Å²) in [6.45, 7) is 3.67. The summed E-state index contributed by atoms with van der Waals surface area (Å²) in [6, 6.07) is 0. The first-order chi connectivity index (χ1) is 10.0. The zero-order chi connectivity index (χ0) is 15.7. The molecular formula is C13H24N4O3S. The van der Waals surface area contributed by atoms with Crippen LogP contribution >= 0.6 is 11.8 Å². The number of rotatable bonds is 5. The van der Waals surface area contributed by atoms with Gasteiger partial charge in [-0.05, 0) is 25.8 Å². The minimum atomic E-state index is -0.833. The molecule has 2 N–H and O–H groups in total. The zero-order valence-corrected chi connectivity index (χ0v) is 13.7. The highest BCUT2D eigenvalue weighted by Crippen LogP contribution is 2.23. The maximum Gasteiger partial charge on any atom is 0.300 e. The first kappa shape index (κ1) is 17.9. The number of hydrogen-bond acceptors (Lipinski definition) is 6. The van der Waals surface area contributed by atoms with E-state index >= 15 is 0 Å². The minimum absolute atomic E-state index is 0.665. The summed E-state index contributed by atoms with van der Waals surface area (Å²) in [5.41, 5.74) is 0. The number of ether oxygens (including phenoxy) is 1. The highest BCUT2D eigenvalue weighted by atomic mass is 32.2. The van der Waals surface area contributed by atoms with Crippen molar-refractivity contribution >= 4 is 17.7 Å². The van der Waals surface area contributed by atoms with Gasteiger partial charge in [-0.2, -0.15) is 0 Å². The molecule has 2 heterocycles. The fourth-order valence-corrected chi connectivity index (χ4v) is 2.96. The van der Waals surface area contributed by atoms with E-state index in [1.54, 1.807) is 11.8 Å². The van der Waals surface area contributed by atoms with Crippen LogP contribution in [-0.4, -0.2) is 51.9 Å². The average molecular weight is 316 g/mol. The monoisotopic (exact) mass is 316 g/mol. The van der Waals surface area contributed by atoms with Crippen molar-refractivity contribution in [3.05, 3.63) is 5.82 Å². The second kappa shape index (κ2) is 9.75. The van der Waals surface area contributed by atoms with Gasteiger partial charge < -0.3 is 19.7 Å². The molecule has 1 aromatic heterocycles. The van der Waals surface area contributed by atoms with E-state index in [0.717, 1.165) is 43.4 Å². The lowest BCUT2D eigenvalue weighted by molar-refractivity contribution is -0.134. The molecule has 0 amide bonds. The smallest absolute Gasteiger partial charge is 0.300 e. The average Bonchev–Trinajstić information content (AvgIpc) is 2.79. The van der Waals surface area contributed by atoms with E-state index < -0.39 is 5.97 Å². The number of aromatic nitrogens is 3. The normalized spacial score (nSPS) is 18.0. The molecule has 1 fully saturated rings. The Hall–Kier alpha value is -1.12. The summed E-state index contributed by atoms with van der Waals surface area (Å²) in [7, 11) is 3.94. The third-order valence-electron chi connectivity index (χ3n) is 2.96. The molecule has 21 heavy (non-hydrogen) atoms. The van der Waals surface area contributed by atoms with Gasteiger partial charge in [0.05, 0.1) is 13.2 Å². The number of hydrogen-bond donors (Lipinski definition) is 2. The van der Waals surface area contributed by atoms with Gasteiger partial charge in [0.15, 0.2) is 5.16 Å². The molecule has 1 unspecified atom stereocenters. The van der Waals surface area contributed by atoms with E-state index in [1.807, 2.05) is 14.1 Å². The summed E-state index contributed by atoms with van der Waals surface area (Å²) in [5.74, 6) is 1.89. The van der Waals surface area contributed by atoms with Crippen LogP contribution in [0.3, 0.4) is 0 Å². The fraction of sp³-hybridized carbons (Fsp3) is 0.769. The van der Waals surface area contributed by atoms with Gasteiger partial charge in [-0.1, -0.05) is 11.8 Å². The fourth-order valence-electron chi connectivity index (χ4n) is 1.91. The molecule has 1 aromatic rings. The minimum Gasteiger partial charge on any atom is -0.481 e. The molecular weight excluding hydrogens is 292 g/mol. The van der Waals surface area contributed by atoms with E-state index in [-0.39, 0.29) is 0 Å². The largest absolute Gasteiger partial charge is 0.481 e. The van der Waals surface area contributed by atoms with Gasteiger partial charge in [-0.3, -0.25) is 4.79 Å². The van der Waals surface area contributed by atoms with Gasteiger partial charge >= 0.3 is 0 Å². The molecule has 120 valence electrons. The number of nitrogens with one attached hydrogen (secondary N) is 1. The third-order valence-corrected chi connectivity index (χ3v) is 4.21.